The molecule has 0 aliphatic carbocycles. The molecule has 1 aromatic carbocycles. The molecule has 0 bridgehead atoms. The summed E-state index contributed by atoms with van der Waals surface area (Å²) in [5, 5.41) is 8.83. The highest BCUT2D eigenvalue weighted by Crippen LogP contribution is 2.31. The number of nitrogens with zero attached hydrogens (tertiary/aromatic N) is 2. The van der Waals surface area contributed by atoms with Gasteiger partial charge >= 0.3 is 0 Å². The largest absolute Gasteiger partial charge is 0.459 e. The first-order chi connectivity index (χ1) is 8.74. The van der Waals surface area contributed by atoms with Crippen LogP contribution >= 0.6 is 23.2 Å². The predicted molar refractivity (Wildman–Crippen MR) is 67.5 cm³/mol. The summed E-state index contributed by atoms with van der Waals surface area (Å²) in [5.41, 5.74) is 0.631. The molecule has 0 unspecified atom stereocenters. The maximum atomic E-state index is 6.06. The van der Waals surface area contributed by atoms with Gasteiger partial charge in [-0.3, -0.25) is 0 Å². The topological polar surface area (TPSA) is 52.1 Å². The van der Waals surface area contributed by atoms with Crippen LogP contribution in [0, 0.1) is 0 Å². The zero-order valence-corrected chi connectivity index (χ0v) is 10.4. The average molecular weight is 281 g/mol. The van der Waals surface area contributed by atoms with Crippen LogP contribution in [0.2, 0.25) is 10.0 Å². The van der Waals surface area contributed by atoms with Crippen molar-refractivity contribution in [2.45, 2.75) is 0 Å². The summed E-state index contributed by atoms with van der Waals surface area (Å²) in [6.07, 6.45) is 1.54. The fourth-order valence-electron chi connectivity index (χ4n) is 1.49. The van der Waals surface area contributed by atoms with Gasteiger partial charge in [0.05, 0.1) is 16.8 Å². The summed E-state index contributed by atoms with van der Waals surface area (Å²) in [7, 11) is 0. The van der Waals surface area contributed by atoms with Gasteiger partial charge in [-0.15, -0.1) is 10.2 Å². The first-order valence-electron chi connectivity index (χ1n) is 5.07. The number of aromatic nitrogens is 2. The maximum Gasteiger partial charge on any atom is 0.283 e. The Hall–Kier alpha value is -1.78. The second kappa shape index (κ2) is 4.48. The Labute approximate surface area is 112 Å². The van der Waals surface area contributed by atoms with Crippen molar-refractivity contribution in [2.75, 3.05) is 0 Å². The van der Waals surface area contributed by atoms with E-state index in [-0.39, 0.29) is 0 Å². The quantitative estimate of drug-likeness (QED) is 0.702. The Morgan fingerprint density at radius 3 is 2.56 bits per heavy atom. The number of hydrogen-bond acceptors (Lipinski definition) is 4. The standard InChI is InChI=1S/C12H6Cl2N2O2/c13-7-3-4-8(9(14)6-7)11-15-16-12(18-11)10-2-1-5-17-10/h1-6H. The molecule has 6 heteroatoms. The van der Waals surface area contributed by atoms with E-state index in [9.17, 15) is 0 Å². The first kappa shape index (κ1) is 11.3. The molecule has 0 saturated heterocycles. The van der Waals surface area contributed by atoms with Crippen LogP contribution in [0.3, 0.4) is 0 Å². The highest BCUT2D eigenvalue weighted by atomic mass is 35.5. The Morgan fingerprint density at radius 1 is 1.00 bits per heavy atom. The summed E-state index contributed by atoms with van der Waals surface area (Å²) < 4.78 is 10.7. The van der Waals surface area contributed by atoms with Crippen molar-refractivity contribution in [1.29, 1.82) is 0 Å². The van der Waals surface area contributed by atoms with Crippen LogP contribution in [0.1, 0.15) is 0 Å². The predicted octanol–water partition coefficient (Wildman–Crippen LogP) is 4.30. The molecule has 0 aliphatic heterocycles. The van der Waals surface area contributed by atoms with Gasteiger partial charge in [-0.2, -0.15) is 0 Å². The Morgan fingerprint density at radius 2 is 1.83 bits per heavy atom. The van der Waals surface area contributed by atoms with Crippen LogP contribution in [0.5, 0.6) is 0 Å². The van der Waals surface area contributed by atoms with Gasteiger partial charge in [0.25, 0.3) is 5.89 Å². The van der Waals surface area contributed by atoms with Crippen LogP contribution in [0.15, 0.2) is 45.4 Å². The number of halogens is 2. The summed E-state index contributed by atoms with van der Waals surface area (Å²) in [6.45, 7) is 0. The minimum Gasteiger partial charge on any atom is -0.459 e. The molecule has 3 aromatic rings. The summed E-state index contributed by atoms with van der Waals surface area (Å²) in [4.78, 5) is 0. The third-order valence-electron chi connectivity index (χ3n) is 2.32. The second-order valence-corrected chi connectivity index (χ2v) is 4.36. The molecule has 2 aromatic heterocycles. The summed E-state index contributed by atoms with van der Waals surface area (Å²) >= 11 is 11.9. The van der Waals surface area contributed by atoms with Crippen molar-refractivity contribution in [3.63, 3.8) is 0 Å². The third kappa shape index (κ3) is 2.00. The van der Waals surface area contributed by atoms with Gasteiger partial charge < -0.3 is 8.83 Å². The van der Waals surface area contributed by atoms with Crippen LogP contribution < -0.4 is 0 Å². The van der Waals surface area contributed by atoms with Crippen molar-refractivity contribution in [3.05, 3.63) is 46.6 Å². The zero-order chi connectivity index (χ0) is 12.5. The van der Waals surface area contributed by atoms with Gasteiger partial charge in [0.15, 0.2) is 5.76 Å². The Kier molecular flexibility index (Phi) is 2.81. The molecular weight excluding hydrogens is 275 g/mol. The molecule has 0 amide bonds. The van der Waals surface area contributed by atoms with Gasteiger partial charge in [-0.05, 0) is 30.3 Å². The number of rotatable bonds is 2. The summed E-state index contributed by atoms with van der Waals surface area (Å²) in [6, 6.07) is 8.54. The smallest absolute Gasteiger partial charge is 0.283 e. The van der Waals surface area contributed by atoms with Gasteiger partial charge in [-0.1, -0.05) is 23.2 Å². The molecule has 90 valence electrons. The van der Waals surface area contributed by atoms with Crippen molar-refractivity contribution < 1.29 is 8.83 Å². The number of benzene rings is 1. The van der Waals surface area contributed by atoms with E-state index in [0.29, 0.717) is 33.2 Å². The lowest BCUT2D eigenvalue weighted by molar-refractivity contribution is 0.523. The molecule has 0 radical (unpaired) electrons. The van der Waals surface area contributed by atoms with E-state index in [1.165, 1.54) is 6.26 Å². The molecule has 0 spiro atoms. The fraction of sp³-hybridized carbons (Fsp3) is 0. The van der Waals surface area contributed by atoms with Gasteiger partial charge in [0.2, 0.25) is 5.89 Å². The normalized spacial score (nSPS) is 10.8. The van der Waals surface area contributed by atoms with Gasteiger partial charge in [-0.25, -0.2) is 0 Å². The summed E-state index contributed by atoms with van der Waals surface area (Å²) in [5.74, 6) is 1.14. The van der Waals surface area contributed by atoms with Crippen LogP contribution in [0.25, 0.3) is 23.1 Å². The molecule has 2 heterocycles. The van der Waals surface area contributed by atoms with Crippen molar-refractivity contribution >= 4 is 23.2 Å². The van der Waals surface area contributed by atoms with Crippen LogP contribution in [-0.4, -0.2) is 10.2 Å². The molecule has 0 fully saturated rings. The SMILES string of the molecule is Clc1ccc(-c2nnc(-c3ccco3)o2)c(Cl)c1. The average Bonchev–Trinajstić information content (AvgIpc) is 2.99. The molecule has 18 heavy (non-hydrogen) atoms. The molecule has 4 nitrogen and oxygen atoms in total. The van der Waals surface area contributed by atoms with Crippen molar-refractivity contribution in [2.24, 2.45) is 0 Å². The minimum atomic E-state index is 0.306. The monoisotopic (exact) mass is 280 g/mol. The van der Waals surface area contributed by atoms with Crippen LogP contribution in [0.4, 0.5) is 0 Å². The number of hydrogen-bond donors (Lipinski definition) is 0. The number of furan rings is 1. The van der Waals surface area contributed by atoms with Crippen molar-refractivity contribution in [3.8, 4) is 23.1 Å². The lowest BCUT2D eigenvalue weighted by atomic mass is 10.2. The fourth-order valence-corrected chi connectivity index (χ4v) is 1.98. The van der Waals surface area contributed by atoms with E-state index in [2.05, 4.69) is 10.2 Å². The van der Waals surface area contributed by atoms with E-state index < -0.39 is 0 Å². The molecule has 0 atom stereocenters. The first-order valence-corrected chi connectivity index (χ1v) is 5.82. The van der Waals surface area contributed by atoms with Crippen molar-refractivity contribution in [1.82, 2.24) is 10.2 Å². The third-order valence-corrected chi connectivity index (χ3v) is 2.87. The Bertz CT molecular complexity index is 677. The molecule has 0 aliphatic rings. The lowest BCUT2D eigenvalue weighted by Crippen LogP contribution is -1.79. The van der Waals surface area contributed by atoms with E-state index in [0.717, 1.165) is 0 Å². The zero-order valence-electron chi connectivity index (χ0n) is 8.93. The molecule has 0 N–H and O–H groups in total. The maximum absolute atomic E-state index is 6.06. The minimum absolute atomic E-state index is 0.306. The highest BCUT2D eigenvalue weighted by Gasteiger charge is 2.14. The van der Waals surface area contributed by atoms with E-state index in [1.54, 1.807) is 30.3 Å². The lowest BCUT2D eigenvalue weighted by Gasteiger charge is -1.98. The van der Waals surface area contributed by atoms with Crippen LogP contribution in [-0.2, 0) is 0 Å². The van der Waals surface area contributed by atoms with E-state index in [4.69, 9.17) is 32.0 Å². The highest BCUT2D eigenvalue weighted by molar-refractivity contribution is 6.36. The van der Waals surface area contributed by atoms with Gasteiger partial charge in [0, 0.05) is 5.02 Å². The molecule has 3 rings (SSSR count). The Balaban J connectivity index is 2.03. The van der Waals surface area contributed by atoms with E-state index in [1.807, 2.05) is 0 Å². The van der Waals surface area contributed by atoms with E-state index >= 15 is 0 Å². The van der Waals surface area contributed by atoms with Gasteiger partial charge in [0.1, 0.15) is 0 Å². The molecular formula is C12H6Cl2N2O2. The second-order valence-electron chi connectivity index (χ2n) is 3.51. The molecule has 0 saturated carbocycles.